The predicted molar refractivity (Wildman–Crippen MR) is 53.7 cm³/mol. The van der Waals surface area contributed by atoms with Gasteiger partial charge in [-0.15, -0.1) is 11.6 Å². The molecule has 0 aliphatic carbocycles. The summed E-state index contributed by atoms with van der Waals surface area (Å²) in [5.74, 6) is -0.224. The van der Waals surface area contributed by atoms with Crippen LogP contribution in [-0.4, -0.2) is 0 Å². The van der Waals surface area contributed by atoms with E-state index in [9.17, 15) is 4.39 Å². The van der Waals surface area contributed by atoms with Crippen molar-refractivity contribution < 1.29 is 4.39 Å². The summed E-state index contributed by atoms with van der Waals surface area (Å²) in [4.78, 5) is 0. The summed E-state index contributed by atoms with van der Waals surface area (Å²) >= 11 is 13.2. The van der Waals surface area contributed by atoms with Crippen molar-refractivity contribution in [3.05, 3.63) is 32.1 Å². The number of rotatable bonds is 1. The van der Waals surface area contributed by atoms with Crippen molar-refractivity contribution in [2.75, 3.05) is 0 Å². The van der Waals surface area contributed by atoms with Crippen molar-refractivity contribution in [3.63, 3.8) is 0 Å². The molecule has 0 aliphatic rings. The summed E-state index contributed by atoms with van der Waals surface area (Å²) < 4.78 is 13.7. The first-order valence-electron chi connectivity index (χ1n) is 2.84. The molecule has 0 amide bonds. The third kappa shape index (κ3) is 2.20. The lowest BCUT2D eigenvalue weighted by molar-refractivity contribution is 0.616. The monoisotopic (exact) mass is 304 g/mol. The van der Waals surface area contributed by atoms with Gasteiger partial charge in [-0.3, -0.25) is 0 Å². The second-order valence-electron chi connectivity index (χ2n) is 1.98. The maximum Gasteiger partial charge on any atom is 0.130 e. The highest BCUT2D eigenvalue weighted by atomic mass is 127. The van der Waals surface area contributed by atoms with Gasteiger partial charge in [-0.05, 0) is 34.7 Å². The van der Waals surface area contributed by atoms with Crippen LogP contribution in [0.4, 0.5) is 4.39 Å². The van der Waals surface area contributed by atoms with E-state index in [0.29, 0.717) is 10.6 Å². The molecule has 0 atom stereocenters. The Bertz CT molecular complexity index is 252. The first-order valence-corrected chi connectivity index (χ1v) is 4.83. The summed E-state index contributed by atoms with van der Waals surface area (Å²) in [5.41, 5.74) is 0.369. The average molecular weight is 305 g/mol. The SMILES string of the molecule is Fc1cc(I)cc(Cl)c1CCl. The van der Waals surface area contributed by atoms with Gasteiger partial charge in [-0.2, -0.15) is 0 Å². The van der Waals surface area contributed by atoms with Gasteiger partial charge in [0, 0.05) is 14.2 Å². The molecule has 0 spiro atoms. The zero-order valence-corrected chi connectivity index (χ0v) is 9.04. The smallest absolute Gasteiger partial charge is 0.130 e. The van der Waals surface area contributed by atoms with E-state index in [1.807, 2.05) is 22.6 Å². The number of benzene rings is 1. The lowest BCUT2D eigenvalue weighted by atomic mass is 10.2. The van der Waals surface area contributed by atoms with E-state index < -0.39 is 0 Å². The van der Waals surface area contributed by atoms with Crippen LogP contribution in [0, 0.1) is 9.39 Å². The van der Waals surface area contributed by atoms with E-state index in [4.69, 9.17) is 23.2 Å². The van der Waals surface area contributed by atoms with E-state index in [-0.39, 0.29) is 11.7 Å². The molecule has 4 heteroatoms. The molecule has 1 aromatic rings. The average Bonchev–Trinajstić information content (AvgIpc) is 1.85. The Morgan fingerprint density at radius 3 is 2.55 bits per heavy atom. The topological polar surface area (TPSA) is 0 Å². The number of halogens is 4. The Labute approximate surface area is 87.8 Å². The van der Waals surface area contributed by atoms with Crippen molar-refractivity contribution >= 4 is 45.8 Å². The minimum atomic E-state index is -0.336. The van der Waals surface area contributed by atoms with E-state index >= 15 is 0 Å². The molecular weight excluding hydrogens is 301 g/mol. The van der Waals surface area contributed by atoms with Crippen molar-refractivity contribution in [1.82, 2.24) is 0 Å². The summed E-state index contributed by atoms with van der Waals surface area (Å²) in [7, 11) is 0. The van der Waals surface area contributed by atoms with Gasteiger partial charge in [-0.1, -0.05) is 11.6 Å². The lowest BCUT2D eigenvalue weighted by Gasteiger charge is -2.01. The molecular formula is C7H4Cl2FI. The first kappa shape index (κ1) is 9.55. The first-order chi connectivity index (χ1) is 5.15. The van der Waals surface area contributed by atoms with Crippen molar-refractivity contribution in [2.24, 2.45) is 0 Å². The fourth-order valence-electron chi connectivity index (χ4n) is 0.700. The predicted octanol–water partition coefficient (Wildman–Crippen LogP) is 3.82. The fourth-order valence-corrected chi connectivity index (χ4v) is 2.08. The van der Waals surface area contributed by atoms with Gasteiger partial charge >= 0.3 is 0 Å². The molecule has 0 saturated heterocycles. The van der Waals surface area contributed by atoms with Gasteiger partial charge in [0.15, 0.2) is 0 Å². The maximum atomic E-state index is 12.9. The molecule has 1 rings (SSSR count). The molecule has 0 unspecified atom stereocenters. The minimum Gasteiger partial charge on any atom is -0.207 e. The highest BCUT2D eigenvalue weighted by Crippen LogP contribution is 2.23. The van der Waals surface area contributed by atoms with Gasteiger partial charge in [0.05, 0.1) is 5.88 Å². The zero-order chi connectivity index (χ0) is 8.43. The Hall–Kier alpha value is 0.460. The van der Waals surface area contributed by atoms with Crippen LogP contribution in [0.1, 0.15) is 5.56 Å². The normalized spacial score (nSPS) is 10.2. The molecule has 11 heavy (non-hydrogen) atoms. The number of hydrogen-bond acceptors (Lipinski definition) is 0. The fraction of sp³-hybridized carbons (Fsp3) is 0.143. The van der Waals surface area contributed by atoms with Crippen LogP contribution >= 0.6 is 45.8 Å². The maximum absolute atomic E-state index is 12.9. The second kappa shape index (κ2) is 3.92. The highest BCUT2D eigenvalue weighted by Gasteiger charge is 2.06. The molecule has 1 aromatic carbocycles. The molecule has 0 N–H and O–H groups in total. The Morgan fingerprint density at radius 1 is 1.45 bits per heavy atom. The van der Waals surface area contributed by atoms with Gasteiger partial charge in [0.25, 0.3) is 0 Å². The molecule has 0 nitrogen and oxygen atoms in total. The third-order valence-corrected chi connectivity index (χ3v) is 2.47. The van der Waals surface area contributed by atoms with Crippen LogP contribution in [-0.2, 0) is 5.88 Å². The zero-order valence-electron chi connectivity index (χ0n) is 5.37. The second-order valence-corrected chi connectivity index (χ2v) is 3.90. The van der Waals surface area contributed by atoms with E-state index in [1.165, 1.54) is 6.07 Å². The van der Waals surface area contributed by atoms with Crippen molar-refractivity contribution in [2.45, 2.75) is 5.88 Å². The van der Waals surface area contributed by atoms with Crippen molar-refractivity contribution in [3.8, 4) is 0 Å². The largest absolute Gasteiger partial charge is 0.207 e. The van der Waals surface area contributed by atoms with Crippen molar-refractivity contribution in [1.29, 1.82) is 0 Å². The molecule has 0 radical (unpaired) electrons. The summed E-state index contributed by atoms with van der Waals surface area (Å²) in [6.07, 6.45) is 0. The molecule has 0 heterocycles. The van der Waals surface area contributed by atoms with E-state index in [2.05, 4.69) is 0 Å². The van der Waals surface area contributed by atoms with Crippen LogP contribution in [0.15, 0.2) is 12.1 Å². The van der Waals surface area contributed by atoms with Crippen LogP contribution in [0.5, 0.6) is 0 Å². The molecule has 0 bridgehead atoms. The highest BCUT2D eigenvalue weighted by molar-refractivity contribution is 14.1. The van der Waals surface area contributed by atoms with Gasteiger partial charge in [0.1, 0.15) is 5.82 Å². The van der Waals surface area contributed by atoms with Gasteiger partial charge in [0.2, 0.25) is 0 Å². The quantitative estimate of drug-likeness (QED) is 0.546. The molecule has 60 valence electrons. The van der Waals surface area contributed by atoms with Crippen LogP contribution in [0.3, 0.4) is 0 Å². The summed E-state index contributed by atoms with van der Waals surface area (Å²) in [5, 5.41) is 0.393. The van der Waals surface area contributed by atoms with E-state index in [1.54, 1.807) is 6.07 Å². The molecule has 0 aromatic heterocycles. The summed E-state index contributed by atoms with van der Waals surface area (Å²) in [6.45, 7) is 0. The lowest BCUT2D eigenvalue weighted by Crippen LogP contribution is -1.88. The number of hydrogen-bond donors (Lipinski definition) is 0. The van der Waals surface area contributed by atoms with Gasteiger partial charge in [-0.25, -0.2) is 4.39 Å². The van der Waals surface area contributed by atoms with Gasteiger partial charge < -0.3 is 0 Å². The molecule has 0 fully saturated rings. The molecule has 0 aliphatic heterocycles. The Balaban J connectivity index is 3.25. The number of alkyl halides is 1. The Morgan fingerprint density at radius 2 is 2.09 bits per heavy atom. The van der Waals surface area contributed by atoms with E-state index in [0.717, 1.165) is 3.57 Å². The third-order valence-electron chi connectivity index (χ3n) is 1.24. The Kier molecular flexibility index (Phi) is 3.40. The van der Waals surface area contributed by atoms with Crippen LogP contribution in [0.2, 0.25) is 5.02 Å². The molecule has 0 saturated carbocycles. The van der Waals surface area contributed by atoms with Crippen LogP contribution in [0.25, 0.3) is 0 Å². The minimum absolute atomic E-state index is 0.113. The summed E-state index contributed by atoms with van der Waals surface area (Å²) in [6, 6.07) is 3.09. The standard InChI is InChI=1S/C7H4Cl2FI/c8-3-5-6(9)1-4(11)2-7(5)10/h1-2H,3H2. The van der Waals surface area contributed by atoms with Crippen LogP contribution < -0.4 is 0 Å².